The van der Waals surface area contributed by atoms with Gasteiger partial charge in [-0.3, -0.25) is 9.48 Å². The quantitative estimate of drug-likeness (QED) is 0.827. The predicted octanol–water partition coefficient (Wildman–Crippen LogP) is 0.852. The molecule has 1 aromatic carbocycles. The zero-order chi connectivity index (χ0) is 13.7. The van der Waals surface area contributed by atoms with Crippen LogP contribution >= 0.6 is 0 Å². The van der Waals surface area contributed by atoms with Gasteiger partial charge < -0.3 is 11.1 Å². The van der Waals surface area contributed by atoms with Crippen LogP contribution in [0.4, 0.5) is 5.69 Å². The van der Waals surface area contributed by atoms with Gasteiger partial charge in [-0.15, -0.1) is 0 Å². The average molecular weight is 255 g/mol. The summed E-state index contributed by atoms with van der Waals surface area (Å²) in [6, 6.07) is 9.51. The number of carbonyl (C=O) groups excluding carboxylic acids is 1. The molecule has 0 saturated heterocycles. The first-order valence-electron chi connectivity index (χ1n) is 5.71. The number of carbonyl (C=O) groups is 1. The largest absolute Gasteiger partial charge is 0.378 e. The number of nitrogens with one attached hydrogen (secondary N) is 1. The predicted molar refractivity (Wildman–Crippen MR) is 69.9 cm³/mol. The molecule has 0 aliphatic carbocycles. The van der Waals surface area contributed by atoms with E-state index in [1.165, 1.54) is 4.68 Å². The van der Waals surface area contributed by atoms with Crippen LogP contribution in [0.25, 0.3) is 0 Å². The minimum Gasteiger partial charge on any atom is -0.378 e. The van der Waals surface area contributed by atoms with Crippen LogP contribution in [0.3, 0.4) is 0 Å². The monoisotopic (exact) mass is 255 g/mol. The topological polar surface area (TPSA) is 96.7 Å². The number of benzene rings is 1. The van der Waals surface area contributed by atoms with Crippen molar-refractivity contribution in [3.8, 4) is 6.07 Å². The first-order valence-corrected chi connectivity index (χ1v) is 5.71. The van der Waals surface area contributed by atoms with E-state index < -0.39 is 5.91 Å². The number of anilines is 1. The second-order valence-electron chi connectivity index (χ2n) is 4.02. The van der Waals surface area contributed by atoms with Crippen LogP contribution in [0.1, 0.15) is 11.1 Å². The van der Waals surface area contributed by atoms with Gasteiger partial charge in [-0.2, -0.15) is 10.4 Å². The Bertz CT molecular complexity index is 626. The van der Waals surface area contributed by atoms with Gasteiger partial charge in [-0.1, -0.05) is 18.2 Å². The lowest BCUT2D eigenvalue weighted by atomic mass is 10.1. The number of aromatic nitrogens is 2. The van der Waals surface area contributed by atoms with Crippen molar-refractivity contribution >= 4 is 11.6 Å². The Hall–Kier alpha value is -2.81. The SMILES string of the molecule is N#Cc1ccccc1CNc1cnn(CC(N)=O)c1. The molecule has 0 saturated carbocycles. The molecule has 6 nitrogen and oxygen atoms in total. The third-order valence-electron chi connectivity index (χ3n) is 2.57. The molecule has 96 valence electrons. The second-order valence-corrected chi connectivity index (χ2v) is 4.02. The fraction of sp³-hybridized carbons (Fsp3) is 0.154. The van der Waals surface area contributed by atoms with Gasteiger partial charge in [0.1, 0.15) is 6.54 Å². The van der Waals surface area contributed by atoms with Crippen molar-refractivity contribution in [2.24, 2.45) is 5.73 Å². The van der Waals surface area contributed by atoms with E-state index in [2.05, 4.69) is 16.5 Å². The number of nitrogens with two attached hydrogens (primary N) is 1. The third kappa shape index (κ3) is 3.33. The van der Waals surface area contributed by atoms with Gasteiger partial charge in [0, 0.05) is 12.7 Å². The summed E-state index contributed by atoms with van der Waals surface area (Å²) in [5.41, 5.74) is 7.40. The molecule has 1 heterocycles. The molecule has 0 fully saturated rings. The highest BCUT2D eigenvalue weighted by molar-refractivity contribution is 5.73. The van der Waals surface area contributed by atoms with Crippen LogP contribution < -0.4 is 11.1 Å². The Morgan fingerprint density at radius 3 is 3.00 bits per heavy atom. The summed E-state index contributed by atoms with van der Waals surface area (Å²) < 4.78 is 1.46. The molecule has 0 radical (unpaired) electrons. The number of nitrogens with zero attached hydrogens (tertiary/aromatic N) is 3. The van der Waals surface area contributed by atoms with Crippen LogP contribution in [0, 0.1) is 11.3 Å². The van der Waals surface area contributed by atoms with Crippen molar-refractivity contribution in [3.05, 3.63) is 47.8 Å². The van der Waals surface area contributed by atoms with E-state index in [-0.39, 0.29) is 6.54 Å². The van der Waals surface area contributed by atoms with Crippen LogP contribution in [0.2, 0.25) is 0 Å². The molecule has 1 aromatic heterocycles. The van der Waals surface area contributed by atoms with Crippen molar-refractivity contribution in [3.63, 3.8) is 0 Å². The molecule has 1 amide bonds. The molecule has 2 aromatic rings. The second kappa shape index (κ2) is 5.69. The van der Waals surface area contributed by atoms with E-state index in [0.717, 1.165) is 11.3 Å². The van der Waals surface area contributed by atoms with Gasteiger partial charge >= 0.3 is 0 Å². The Labute approximate surface area is 110 Å². The Balaban J connectivity index is 2.01. The molecular formula is C13H13N5O. The van der Waals surface area contributed by atoms with Crippen molar-refractivity contribution in [1.29, 1.82) is 5.26 Å². The molecule has 2 rings (SSSR count). The summed E-state index contributed by atoms with van der Waals surface area (Å²) in [5.74, 6) is -0.440. The molecule has 0 aliphatic heterocycles. The fourth-order valence-electron chi connectivity index (χ4n) is 1.68. The smallest absolute Gasteiger partial charge is 0.239 e. The van der Waals surface area contributed by atoms with E-state index in [9.17, 15) is 4.79 Å². The van der Waals surface area contributed by atoms with E-state index in [1.807, 2.05) is 18.2 Å². The Morgan fingerprint density at radius 2 is 2.26 bits per heavy atom. The molecule has 0 unspecified atom stereocenters. The van der Waals surface area contributed by atoms with Crippen LogP contribution in [-0.2, 0) is 17.9 Å². The number of hydrogen-bond donors (Lipinski definition) is 2. The fourth-order valence-corrected chi connectivity index (χ4v) is 1.68. The van der Waals surface area contributed by atoms with Crippen LogP contribution in [-0.4, -0.2) is 15.7 Å². The van der Waals surface area contributed by atoms with E-state index >= 15 is 0 Å². The first-order chi connectivity index (χ1) is 9.19. The number of hydrogen-bond acceptors (Lipinski definition) is 4. The van der Waals surface area contributed by atoms with Crippen molar-refractivity contribution in [2.45, 2.75) is 13.1 Å². The summed E-state index contributed by atoms with van der Waals surface area (Å²) >= 11 is 0. The van der Waals surface area contributed by atoms with Crippen molar-refractivity contribution < 1.29 is 4.79 Å². The van der Waals surface area contributed by atoms with Gasteiger partial charge in [-0.25, -0.2) is 0 Å². The molecule has 0 spiro atoms. The number of nitriles is 1. The highest BCUT2D eigenvalue weighted by Gasteiger charge is 2.03. The Morgan fingerprint density at radius 1 is 1.47 bits per heavy atom. The van der Waals surface area contributed by atoms with Gasteiger partial charge in [0.2, 0.25) is 5.91 Å². The maximum atomic E-state index is 10.7. The third-order valence-corrected chi connectivity index (χ3v) is 2.57. The number of rotatable bonds is 5. The standard InChI is InChI=1S/C13H13N5O/c14-5-10-3-1-2-4-11(10)6-16-12-7-17-18(8-12)9-13(15)19/h1-4,7-8,16H,6,9H2,(H2,15,19). The van der Waals surface area contributed by atoms with Gasteiger partial charge in [-0.05, 0) is 11.6 Å². The Kier molecular flexibility index (Phi) is 3.78. The normalized spacial score (nSPS) is 9.84. The molecule has 0 bridgehead atoms. The van der Waals surface area contributed by atoms with Gasteiger partial charge in [0.15, 0.2) is 0 Å². The molecule has 19 heavy (non-hydrogen) atoms. The molecular weight excluding hydrogens is 242 g/mol. The molecule has 6 heteroatoms. The molecule has 0 atom stereocenters. The van der Waals surface area contributed by atoms with Crippen molar-refractivity contribution in [1.82, 2.24) is 9.78 Å². The average Bonchev–Trinajstić information content (AvgIpc) is 2.83. The van der Waals surface area contributed by atoms with E-state index in [1.54, 1.807) is 18.5 Å². The summed E-state index contributed by atoms with van der Waals surface area (Å²) in [5, 5.41) is 16.1. The maximum Gasteiger partial charge on any atom is 0.239 e. The lowest BCUT2D eigenvalue weighted by Gasteiger charge is -2.05. The highest BCUT2D eigenvalue weighted by atomic mass is 16.1. The molecule has 0 aliphatic rings. The minimum absolute atomic E-state index is 0.0520. The highest BCUT2D eigenvalue weighted by Crippen LogP contribution is 2.11. The summed E-state index contributed by atoms with van der Waals surface area (Å²) in [6.45, 7) is 0.572. The summed E-state index contributed by atoms with van der Waals surface area (Å²) in [4.78, 5) is 10.7. The lowest BCUT2D eigenvalue weighted by Crippen LogP contribution is -2.18. The minimum atomic E-state index is -0.440. The zero-order valence-electron chi connectivity index (χ0n) is 10.2. The first kappa shape index (κ1) is 12.6. The lowest BCUT2D eigenvalue weighted by molar-refractivity contribution is -0.118. The van der Waals surface area contributed by atoms with Crippen LogP contribution in [0.5, 0.6) is 0 Å². The maximum absolute atomic E-state index is 10.7. The van der Waals surface area contributed by atoms with Crippen molar-refractivity contribution in [2.75, 3.05) is 5.32 Å². The molecule has 3 N–H and O–H groups in total. The van der Waals surface area contributed by atoms with E-state index in [4.69, 9.17) is 11.0 Å². The number of amides is 1. The summed E-state index contributed by atoms with van der Waals surface area (Å²) in [6.07, 6.45) is 3.30. The van der Waals surface area contributed by atoms with Crippen LogP contribution in [0.15, 0.2) is 36.7 Å². The van der Waals surface area contributed by atoms with Gasteiger partial charge in [0.05, 0.1) is 23.5 Å². The van der Waals surface area contributed by atoms with E-state index in [0.29, 0.717) is 12.1 Å². The number of primary amides is 1. The summed E-state index contributed by atoms with van der Waals surface area (Å²) in [7, 11) is 0. The van der Waals surface area contributed by atoms with Gasteiger partial charge in [0.25, 0.3) is 0 Å². The zero-order valence-corrected chi connectivity index (χ0v) is 10.2.